The molecule has 2 aliphatic rings. The van der Waals surface area contributed by atoms with Gasteiger partial charge < -0.3 is 71.9 Å². The van der Waals surface area contributed by atoms with Crippen molar-refractivity contribution in [3.05, 3.63) is 48.6 Å². The summed E-state index contributed by atoms with van der Waals surface area (Å²) in [5.41, 5.74) is 0. The van der Waals surface area contributed by atoms with Gasteiger partial charge in [-0.1, -0.05) is 0 Å². The second-order valence-electron chi connectivity index (χ2n) is 2.01. The molecule has 0 saturated heterocycles. The third kappa shape index (κ3) is 16.2. The van der Waals surface area contributed by atoms with Crippen LogP contribution in [-0.2, 0) is 18.6 Å². The van der Waals surface area contributed by atoms with Gasteiger partial charge in [0.05, 0.1) is 0 Å². The zero-order valence-corrected chi connectivity index (χ0v) is 15.3. The van der Waals surface area contributed by atoms with Gasteiger partial charge >= 0.3 is 0 Å². The van der Waals surface area contributed by atoms with E-state index < -0.39 is 0 Å². The van der Waals surface area contributed by atoms with Crippen molar-refractivity contribution in [2.24, 2.45) is 0 Å². The quantitative estimate of drug-likeness (QED) is 0.204. The van der Waals surface area contributed by atoms with Crippen molar-refractivity contribution in [2.75, 3.05) is 0 Å². The van der Waals surface area contributed by atoms with Crippen LogP contribution < -0.4 is 71.9 Å². The first kappa shape index (κ1) is 24.8. The predicted octanol–water partition coefficient (Wildman–Crippen LogP) is -6.38. The minimum atomic E-state index is 0. The van der Waals surface area contributed by atoms with E-state index in [-0.39, 0.29) is 90.5 Å². The Labute approximate surface area is 150 Å². The summed E-state index contributed by atoms with van der Waals surface area (Å²) in [6, 6.07) is 0. The fourth-order valence-electron chi connectivity index (χ4n) is 0.680. The molecular weight excluding hydrogens is 552 g/mol. The van der Waals surface area contributed by atoms with Crippen molar-refractivity contribution >= 4 is 0 Å². The summed E-state index contributed by atoms with van der Waals surface area (Å²) in [6.07, 6.45) is 20.0. The summed E-state index contributed by atoms with van der Waals surface area (Å²) < 4.78 is 0. The molecule has 0 bridgehead atoms. The molecule has 2 aliphatic carbocycles. The number of hydrogen-bond acceptors (Lipinski definition) is 0. The van der Waals surface area contributed by atoms with Gasteiger partial charge in [0.15, 0.2) is 0 Å². The Morgan fingerprint density at radius 1 is 0.714 bits per heavy atom. The van der Waals surface area contributed by atoms with E-state index in [1.807, 2.05) is 24.3 Å². The van der Waals surface area contributed by atoms with Gasteiger partial charge in [-0.25, -0.2) is 24.3 Å². The third-order valence-electron chi connectivity index (χ3n) is 1.17. The molecule has 0 heterocycles. The Morgan fingerprint density at radius 3 is 1.14 bits per heavy atom. The molecule has 0 aliphatic heterocycles. The first-order valence-corrected chi connectivity index (χ1v) is 3.43. The van der Waals surface area contributed by atoms with E-state index in [4.69, 9.17) is 0 Å². The number of rotatable bonds is 0. The maximum atomic E-state index is 2.99. The molecule has 1 radical (unpaired) electrons. The van der Waals surface area contributed by atoms with Crippen LogP contribution in [0.1, 0.15) is 12.8 Å². The van der Waals surface area contributed by atoms with Gasteiger partial charge in [-0.3, -0.25) is 12.2 Å². The molecule has 4 heteroatoms. The number of allylic oxidation sites excluding steroid dienone is 8. The molecule has 0 aromatic carbocycles. The van der Waals surface area contributed by atoms with E-state index in [2.05, 4.69) is 24.3 Å². The summed E-state index contributed by atoms with van der Waals surface area (Å²) in [7, 11) is 0. The zero-order valence-electron chi connectivity index (χ0n) is 7.46. The fraction of sp³-hybridized carbons (Fsp3) is 0.200. The van der Waals surface area contributed by atoms with Gasteiger partial charge in [0.2, 0.25) is 0 Å². The predicted molar refractivity (Wildman–Crippen MR) is 43.1 cm³/mol. The van der Waals surface area contributed by atoms with Gasteiger partial charge in [0.25, 0.3) is 0 Å². The number of halogens is 3. The van der Waals surface area contributed by atoms with E-state index in [9.17, 15) is 0 Å². The van der Waals surface area contributed by atoms with E-state index in [0.29, 0.717) is 0 Å². The molecule has 0 atom stereocenters. The molecule has 81 valence electrons. The van der Waals surface area contributed by atoms with Crippen LogP contribution in [0.5, 0.6) is 0 Å². The second-order valence-corrected chi connectivity index (χ2v) is 2.01. The molecule has 0 N–H and O–H groups in total. The van der Waals surface area contributed by atoms with E-state index in [1.165, 1.54) is 0 Å². The molecule has 2 rings (SSSR count). The van der Waals surface area contributed by atoms with Gasteiger partial charge in [-0.2, -0.15) is 12.2 Å². The largest absolute Gasteiger partial charge is 1.00 e. The Bertz CT molecular complexity index is 154. The normalized spacial score (nSPS) is 12.6. The van der Waals surface area contributed by atoms with Crippen molar-refractivity contribution < 1.29 is 90.5 Å². The maximum Gasteiger partial charge on any atom is 0 e. The summed E-state index contributed by atoms with van der Waals surface area (Å²) in [4.78, 5) is 0. The minimum Gasteiger partial charge on any atom is -1.00 e. The minimum absolute atomic E-state index is 0. The van der Waals surface area contributed by atoms with Gasteiger partial charge in [0.1, 0.15) is 0 Å². The molecule has 0 fully saturated rings. The van der Waals surface area contributed by atoms with Crippen molar-refractivity contribution in [1.29, 1.82) is 0 Å². The molecule has 0 nitrogen and oxygen atoms in total. The molecule has 0 saturated carbocycles. The smallest absolute Gasteiger partial charge is 0 e. The SMILES string of the molecule is [C-]1=CC=CC1.[C-]1=CC=CC1.[I-].[I-].[I-].[V]. The summed E-state index contributed by atoms with van der Waals surface area (Å²) >= 11 is 0. The maximum absolute atomic E-state index is 2.99. The Hall–Kier alpha value is 1.73. The van der Waals surface area contributed by atoms with E-state index in [1.54, 1.807) is 0 Å². The van der Waals surface area contributed by atoms with Gasteiger partial charge in [-0.15, -0.1) is 12.8 Å². The van der Waals surface area contributed by atoms with Crippen LogP contribution in [-0.4, -0.2) is 0 Å². The van der Waals surface area contributed by atoms with E-state index >= 15 is 0 Å². The molecular formula is C10H10I3V-5. The van der Waals surface area contributed by atoms with Crippen molar-refractivity contribution in [3.63, 3.8) is 0 Å². The topological polar surface area (TPSA) is 0 Å². The Balaban J connectivity index is -0.0000000556. The molecule has 0 aromatic rings. The molecule has 0 unspecified atom stereocenters. The summed E-state index contributed by atoms with van der Waals surface area (Å²) in [6.45, 7) is 0. The van der Waals surface area contributed by atoms with Crippen LogP contribution in [0.25, 0.3) is 0 Å². The third-order valence-corrected chi connectivity index (χ3v) is 1.17. The summed E-state index contributed by atoms with van der Waals surface area (Å²) in [5, 5.41) is 0. The van der Waals surface area contributed by atoms with Crippen molar-refractivity contribution in [2.45, 2.75) is 12.8 Å². The molecule has 0 amide bonds. The Kier molecular flexibility index (Phi) is 35.8. The average Bonchev–Trinajstić information content (AvgIpc) is 2.67. The number of hydrogen-bond donors (Lipinski definition) is 0. The van der Waals surface area contributed by atoms with Crippen LogP contribution >= 0.6 is 0 Å². The Morgan fingerprint density at radius 2 is 1.07 bits per heavy atom. The van der Waals surface area contributed by atoms with E-state index in [0.717, 1.165) is 12.8 Å². The first-order valence-electron chi connectivity index (χ1n) is 3.43. The first-order chi connectivity index (χ1) is 5.00. The van der Waals surface area contributed by atoms with Crippen LogP contribution in [0.15, 0.2) is 36.5 Å². The summed E-state index contributed by atoms with van der Waals surface area (Å²) in [5.74, 6) is 0. The van der Waals surface area contributed by atoms with Gasteiger partial charge in [-0.05, 0) is 0 Å². The monoisotopic (exact) mass is 562 g/mol. The molecule has 0 spiro atoms. The van der Waals surface area contributed by atoms with Gasteiger partial charge in [0, 0.05) is 18.6 Å². The zero-order chi connectivity index (χ0) is 7.07. The van der Waals surface area contributed by atoms with Crippen LogP contribution in [0.3, 0.4) is 0 Å². The van der Waals surface area contributed by atoms with Crippen molar-refractivity contribution in [3.8, 4) is 0 Å². The van der Waals surface area contributed by atoms with Crippen LogP contribution in [0, 0.1) is 12.2 Å². The van der Waals surface area contributed by atoms with Crippen molar-refractivity contribution in [1.82, 2.24) is 0 Å². The molecule has 0 aromatic heterocycles. The fourth-order valence-corrected chi connectivity index (χ4v) is 0.680. The average molecular weight is 562 g/mol. The van der Waals surface area contributed by atoms with Crippen LogP contribution in [0.4, 0.5) is 0 Å². The molecule has 14 heavy (non-hydrogen) atoms. The standard InChI is InChI=1S/2C5H5.3HI.V/c2*1-2-4-5-3-1;;;;/h2*1-3H,4H2;3*1H;/q2*-1;;;;/p-3. The van der Waals surface area contributed by atoms with Crippen LogP contribution in [0.2, 0.25) is 0 Å². The second kappa shape index (κ2) is 20.2.